The lowest BCUT2D eigenvalue weighted by Gasteiger charge is -2.18. The first kappa shape index (κ1) is 22.5. The Morgan fingerprint density at radius 3 is 2.60 bits per heavy atom. The van der Waals surface area contributed by atoms with Gasteiger partial charge in [0, 0.05) is 23.5 Å². The van der Waals surface area contributed by atoms with Gasteiger partial charge < -0.3 is 11.1 Å². The second-order valence-corrected chi connectivity index (χ2v) is 10.5. The minimum absolute atomic E-state index is 0.0632. The smallest absolute Gasteiger partial charge is 0.256 e. The van der Waals surface area contributed by atoms with Crippen LogP contribution in [0, 0.1) is 5.92 Å². The average molecular weight is 450 g/mol. The summed E-state index contributed by atoms with van der Waals surface area (Å²) in [5.74, 6) is -0.515. The van der Waals surface area contributed by atoms with E-state index in [1.165, 1.54) is 27.8 Å². The molecule has 1 atom stereocenters. The molecule has 0 saturated heterocycles. The van der Waals surface area contributed by atoms with Gasteiger partial charge in [-0.15, -0.1) is 11.3 Å². The molecule has 30 heavy (non-hydrogen) atoms. The summed E-state index contributed by atoms with van der Waals surface area (Å²) in [6.07, 6.45) is 2.59. The highest BCUT2D eigenvalue weighted by Crippen LogP contribution is 2.39. The summed E-state index contributed by atoms with van der Waals surface area (Å²) in [4.78, 5) is 26.1. The van der Waals surface area contributed by atoms with Gasteiger partial charge in [0.15, 0.2) is 0 Å². The van der Waals surface area contributed by atoms with Crippen molar-refractivity contribution in [3.63, 3.8) is 0 Å². The fourth-order valence-corrected chi connectivity index (χ4v) is 6.70. The number of benzene rings is 1. The van der Waals surface area contributed by atoms with Crippen LogP contribution in [0.3, 0.4) is 0 Å². The highest BCUT2D eigenvalue weighted by atomic mass is 32.2. The van der Waals surface area contributed by atoms with Crippen LogP contribution in [-0.2, 0) is 22.9 Å². The molecular formula is C21H27N3O4S2. The van der Waals surface area contributed by atoms with E-state index in [1.807, 2.05) is 0 Å². The Hall–Kier alpha value is -2.23. The summed E-state index contributed by atoms with van der Waals surface area (Å²) >= 11 is 1.38. The Morgan fingerprint density at radius 2 is 1.97 bits per heavy atom. The number of hydrogen-bond donors (Lipinski definition) is 2. The van der Waals surface area contributed by atoms with Gasteiger partial charge in [0.25, 0.3) is 11.8 Å². The fourth-order valence-electron chi connectivity index (χ4n) is 3.79. The molecule has 0 spiro atoms. The van der Waals surface area contributed by atoms with Crippen molar-refractivity contribution < 1.29 is 18.0 Å². The van der Waals surface area contributed by atoms with E-state index in [4.69, 9.17) is 5.73 Å². The maximum atomic E-state index is 12.9. The normalized spacial score (nSPS) is 16.3. The van der Waals surface area contributed by atoms with Crippen LogP contribution in [0.1, 0.15) is 58.3 Å². The summed E-state index contributed by atoms with van der Waals surface area (Å²) in [7, 11) is -3.68. The molecule has 0 fully saturated rings. The van der Waals surface area contributed by atoms with Gasteiger partial charge in [-0.05, 0) is 48.9 Å². The summed E-state index contributed by atoms with van der Waals surface area (Å²) in [5, 5.41) is 3.22. The third-order valence-electron chi connectivity index (χ3n) is 5.42. The Balaban J connectivity index is 1.92. The SMILES string of the molecule is CCN(CC)S(=O)(=O)c1cccc(C(=O)Nc2sc3c(c2C(N)=O)CC[C@H](C)C3)c1. The zero-order chi connectivity index (χ0) is 22.1. The van der Waals surface area contributed by atoms with Gasteiger partial charge in [0.05, 0.1) is 10.5 Å². The van der Waals surface area contributed by atoms with Crippen LogP contribution < -0.4 is 11.1 Å². The maximum Gasteiger partial charge on any atom is 0.256 e. The number of amides is 2. The second-order valence-electron chi connectivity index (χ2n) is 7.49. The van der Waals surface area contributed by atoms with E-state index < -0.39 is 21.8 Å². The number of thiophene rings is 1. The van der Waals surface area contributed by atoms with Gasteiger partial charge in [-0.25, -0.2) is 8.42 Å². The topological polar surface area (TPSA) is 110 Å². The van der Waals surface area contributed by atoms with E-state index in [0.717, 1.165) is 29.7 Å². The van der Waals surface area contributed by atoms with Crippen molar-refractivity contribution in [2.75, 3.05) is 18.4 Å². The molecule has 1 aromatic heterocycles. The first-order valence-electron chi connectivity index (χ1n) is 10.0. The lowest BCUT2D eigenvalue weighted by molar-refractivity contribution is 0.1000. The Morgan fingerprint density at radius 1 is 1.27 bits per heavy atom. The van der Waals surface area contributed by atoms with Crippen LogP contribution in [0.2, 0.25) is 0 Å². The molecule has 162 valence electrons. The van der Waals surface area contributed by atoms with E-state index in [1.54, 1.807) is 26.0 Å². The summed E-state index contributed by atoms with van der Waals surface area (Å²) < 4.78 is 26.9. The van der Waals surface area contributed by atoms with E-state index in [-0.39, 0.29) is 10.5 Å². The van der Waals surface area contributed by atoms with Crippen LogP contribution in [0.5, 0.6) is 0 Å². The predicted molar refractivity (Wildman–Crippen MR) is 119 cm³/mol. The molecule has 3 rings (SSSR count). The van der Waals surface area contributed by atoms with E-state index in [0.29, 0.717) is 29.6 Å². The zero-order valence-electron chi connectivity index (χ0n) is 17.4. The van der Waals surface area contributed by atoms with Gasteiger partial charge in [-0.3, -0.25) is 9.59 Å². The maximum absolute atomic E-state index is 12.9. The van der Waals surface area contributed by atoms with Crippen LogP contribution in [0.15, 0.2) is 29.2 Å². The number of hydrogen-bond acceptors (Lipinski definition) is 5. The molecule has 0 saturated carbocycles. The first-order valence-corrected chi connectivity index (χ1v) is 12.3. The highest BCUT2D eigenvalue weighted by molar-refractivity contribution is 7.89. The number of carbonyl (C=O) groups is 2. The van der Waals surface area contributed by atoms with Crippen LogP contribution in [0.25, 0.3) is 0 Å². The third kappa shape index (κ3) is 4.28. The quantitative estimate of drug-likeness (QED) is 0.676. The van der Waals surface area contributed by atoms with E-state index >= 15 is 0 Å². The van der Waals surface area contributed by atoms with E-state index in [9.17, 15) is 18.0 Å². The second kappa shape index (κ2) is 8.87. The number of sulfonamides is 1. The molecule has 0 aliphatic heterocycles. The monoisotopic (exact) mass is 449 g/mol. The van der Waals surface area contributed by atoms with Gasteiger partial charge in [-0.1, -0.05) is 26.8 Å². The number of fused-ring (bicyclic) bond motifs is 1. The molecule has 0 radical (unpaired) electrons. The number of nitrogens with zero attached hydrogens (tertiary/aromatic N) is 1. The molecule has 9 heteroatoms. The summed E-state index contributed by atoms with van der Waals surface area (Å²) in [5.41, 5.74) is 7.12. The Kier molecular flexibility index (Phi) is 6.64. The van der Waals surface area contributed by atoms with Crippen molar-refractivity contribution in [3.05, 3.63) is 45.8 Å². The van der Waals surface area contributed by atoms with Crippen molar-refractivity contribution in [2.45, 2.75) is 44.9 Å². The largest absolute Gasteiger partial charge is 0.365 e. The first-order chi connectivity index (χ1) is 14.2. The molecule has 1 heterocycles. The summed E-state index contributed by atoms with van der Waals surface area (Å²) in [6, 6.07) is 5.94. The standard InChI is InChI=1S/C21H27N3O4S2/c1-4-24(5-2)30(27,28)15-8-6-7-14(12-15)20(26)23-21-18(19(22)25)16-10-9-13(3)11-17(16)29-21/h6-8,12-13H,4-5,9-11H2,1-3H3,(H2,22,25)(H,23,26)/t13-/m0/s1. The van der Waals surface area contributed by atoms with Crippen molar-refractivity contribution in [2.24, 2.45) is 11.7 Å². The third-order valence-corrected chi connectivity index (χ3v) is 8.64. The molecular weight excluding hydrogens is 422 g/mol. The fraction of sp³-hybridized carbons (Fsp3) is 0.429. The molecule has 7 nitrogen and oxygen atoms in total. The zero-order valence-corrected chi connectivity index (χ0v) is 19.0. The molecule has 0 bridgehead atoms. The molecule has 2 aromatic rings. The number of nitrogens with one attached hydrogen (secondary N) is 1. The molecule has 3 N–H and O–H groups in total. The lowest BCUT2D eigenvalue weighted by atomic mass is 9.88. The number of rotatable bonds is 7. The van der Waals surface area contributed by atoms with Gasteiger partial charge >= 0.3 is 0 Å². The minimum Gasteiger partial charge on any atom is -0.365 e. The molecule has 1 aliphatic carbocycles. The van der Waals surface area contributed by atoms with E-state index in [2.05, 4.69) is 12.2 Å². The number of primary amides is 1. The van der Waals surface area contributed by atoms with Crippen LogP contribution >= 0.6 is 11.3 Å². The van der Waals surface area contributed by atoms with Crippen LogP contribution in [-0.4, -0.2) is 37.6 Å². The van der Waals surface area contributed by atoms with Crippen LogP contribution in [0.4, 0.5) is 5.00 Å². The molecule has 1 aliphatic rings. The molecule has 0 unspecified atom stereocenters. The molecule has 2 amide bonds. The number of anilines is 1. The number of nitrogens with two attached hydrogens (primary N) is 1. The molecule has 1 aromatic carbocycles. The highest BCUT2D eigenvalue weighted by Gasteiger charge is 2.28. The lowest BCUT2D eigenvalue weighted by Crippen LogP contribution is -2.30. The Labute approximate surface area is 181 Å². The van der Waals surface area contributed by atoms with Crippen molar-refractivity contribution in [1.29, 1.82) is 0 Å². The van der Waals surface area contributed by atoms with Gasteiger partial charge in [0.2, 0.25) is 10.0 Å². The van der Waals surface area contributed by atoms with Crippen molar-refractivity contribution >= 4 is 38.2 Å². The van der Waals surface area contributed by atoms with Crippen molar-refractivity contribution in [1.82, 2.24) is 4.31 Å². The Bertz CT molecular complexity index is 1070. The number of carbonyl (C=O) groups excluding carboxylic acids is 2. The predicted octanol–water partition coefficient (Wildman–Crippen LogP) is 3.25. The average Bonchev–Trinajstić information content (AvgIpc) is 3.05. The van der Waals surface area contributed by atoms with Gasteiger partial charge in [-0.2, -0.15) is 4.31 Å². The van der Waals surface area contributed by atoms with Gasteiger partial charge in [0.1, 0.15) is 5.00 Å². The summed E-state index contributed by atoms with van der Waals surface area (Å²) in [6.45, 7) is 6.38. The minimum atomic E-state index is -3.68. The van der Waals surface area contributed by atoms with Crippen molar-refractivity contribution in [3.8, 4) is 0 Å².